The van der Waals surface area contributed by atoms with Crippen molar-refractivity contribution in [2.24, 2.45) is 17.8 Å². The zero-order chi connectivity index (χ0) is 17.3. The summed E-state index contributed by atoms with van der Waals surface area (Å²) in [5.41, 5.74) is 0. The van der Waals surface area contributed by atoms with Crippen molar-refractivity contribution in [2.75, 3.05) is 6.54 Å². The molecule has 3 amide bonds. The summed E-state index contributed by atoms with van der Waals surface area (Å²) in [7, 11) is 0. The van der Waals surface area contributed by atoms with Crippen LogP contribution >= 0.6 is 11.3 Å². The zero-order valence-electron chi connectivity index (χ0n) is 14.2. The summed E-state index contributed by atoms with van der Waals surface area (Å²) in [5, 5.41) is 4.97. The van der Waals surface area contributed by atoms with Crippen LogP contribution in [0.3, 0.4) is 0 Å². The molecule has 0 bridgehead atoms. The normalized spacial score (nSPS) is 25.0. The Bertz CT molecular complexity index is 602. The molecule has 3 rings (SSSR count). The van der Waals surface area contributed by atoms with Crippen molar-refractivity contribution in [3.8, 4) is 0 Å². The Kier molecular flexibility index (Phi) is 5.04. The van der Waals surface area contributed by atoms with E-state index in [0.29, 0.717) is 0 Å². The molecule has 3 atom stereocenters. The van der Waals surface area contributed by atoms with Crippen molar-refractivity contribution in [3.63, 3.8) is 0 Å². The van der Waals surface area contributed by atoms with Crippen molar-refractivity contribution < 1.29 is 14.4 Å². The van der Waals surface area contributed by atoms with Crippen LogP contribution in [0.1, 0.15) is 50.4 Å². The minimum Gasteiger partial charge on any atom is -0.347 e. The van der Waals surface area contributed by atoms with Gasteiger partial charge in [-0.15, -0.1) is 11.3 Å². The highest BCUT2D eigenvalue weighted by molar-refractivity contribution is 7.10. The maximum Gasteiger partial charge on any atom is 0.240 e. The minimum atomic E-state index is -0.262. The molecule has 2 aliphatic rings. The number of carbonyl (C=O) groups excluding carboxylic acids is 3. The first-order valence-corrected chi connectivity index (χ1v) is 9.55. The molecule has 1 aliphatic heterocycles. The first-order chi connectivity index (χ1) is 11.5. The summed E-state index contributed by atoms with van der Waals surface area (Å²) in [4.78, 5) is 39.6. The van der Waals surface area contributed by atoms with E-state index < -0.39 is 0 Å². The number of imide groups is 1. The monoisotopic (exact) mass is 348 g/mol. The van der Waals surface area contributed by atoms with Gasteiger partial charge in [-0.3, -0.25) is 19.3 Å². The third kappa shape index (κ3) is 3.24. The van der Waals surface area contributed by atoms with Crippen molar-refractivity contribution >= 4 is 29.1 Å². The maximum absolute atomic E-state index is 12.5. The summed E-state index contributed by atoms with van der Waals surface area (Å²) >= 11 is 1.60. The SMILES string of the molecule is CC(C)[C@H](NC(=O)CN1C(=O)[C@@H]2CCCC[C@H]2C1=O)c1cccs1. The van der Waals surface area contributed by atoms with E-state index in [-0.39, 0.29) is 48.1 Å². The van der Waals surface area contributed by atoms with Gasteiger partial charge in [-0.2, -0.15) is 0 Å². The smallest absolute Gasteiger partial charge is 0.240 e. The second-order valence-electron chi connectivity index (χ2n) is 7.06. The van der Waals surface area contributed by atoms with Crippen LogP contribution in [0.5, 0.6) is 0 Å². The van der Waals surface area contributed by atoms with E-state index in [4.69, 9.17) is 0 Å². The van der Waals surface area contributed by atoms with Gasteiger partial charge in [-0.1, -0.05) is 32.8 Å². The van der Waals surface area contributed by atoms with Gasteiger partial charge in [0.15, 0.2) is 0 Å². The average molecular weight is 348 g/mol. The Labute approximate surface area is 146 Å². The Balaban J connectivity index is 1.66. The molecular formula is C18H24N2O3S. The van der Waals surface area contributed by atoms with Gasteiger partial charge < -0.3 is 5.32 Å². The number of thiophene rings is 1. The number of likely N-dealkylation sites (tertiary alicyclic amines) is 1. The molecule has 130 valence electrons. The van der Waals surface area contributed by atoms with Gasteiger partial charge in [0.05, 0.1) is 17.9 Å². The molecule has 0 unspecified atom stereocenters. The summed E-state index contributed by atoms with van der Waals surface area (Å²) in [6.45, 7) is 3.94. The molecule has 24 heavy (non-hydrogen) atoms. The summed E-state index contributed by atoms with van der Waals surface area (Å²) < 4.78 is 0. The molecule has 5 nitrogen and oxygen atoms in total. The van der Waals surface area contributed by atoms with Crippen molar-refractivity contribution in [3.05, 3.63) is 22.4 Å². The molecule has 0 spiro atoms. The Morgan fingerprint density at radius 2 is 1.88 bits per heavy atom. The fourth-order valence-electron chi connectivity index (χ4n) is 3.78. The molecule has 2 fully saturated rings. The topological polar surface area (TPSA) is 66.5 Å². The third-order valence-electron chi connectivity index (χ3n) is 5.07. The van der Waals surface area contributed by atoms with Crippen LogP contribution in [-0.2, 0) is 14.4 Å². The number of hydrogen-bond donors (Lipinski definition) is 1. The van der Waals surface area contributed by atoms with Crippen LogP contribution in [0.2, 0.25) is 0 Å². The molecule has 1 N–H and O–H groups in total. The van der Waals surface area contributed by atoms with Crippen LogP contribution in [0.15, 0.2) is 17.5 Å². The molecule has 1 aromatic rings. The molecule has 1 saturated carbocycles. The molecule has 0 radical (unpaired) electrons. The molecule has 1 aliphatic carbocycles. The number of rotatable bonds is 5. The highest BCUT2D eigenvalue weighted by Crippen LogP contribution is 2.37. The lowest BCUT2D eigenvalue weighted by Gasteiger charge is -2.23. The highest BCUT2D eigenvalue weighted by atomic mass is 32.1. The standard InChI is InChI=1S/C18H24N2O3S/c1-11(2)16(14-8-5-9-24-14)19-15(21)10-20-17(22)12-6-3-4-7-13(12)18(20)23/h5,8-9,11-13,16H,3-4,6-7,10H2,1-2H3,(H,19,21)/t12-,13-,16+/m1/s1. The molecule has 2 heterocycles. The van der Waals surface area contributed by atoms with Gasteiger partial charge in [0.2, 0.25) is 17.7 Å². The van der Waals surface area contributed by atoms with E-state index in [1.807, 2.05) is 31.4 Å². The lowest BCUT2D eigenvalue weighted by atomic mass is 9.81. The van der Waals surface area contributed by atoms with Crippen LogP contribution in [-0.4, -0.2) is 29.2 Å². The van der Waals surface area contributed by atoms with Gasteiger partial charge >= 0.3 is 0 Å². The van der Waals surface area contributed by atoms with Crippen LogP contribution < -0.4 is 5.32 Å². The summed E-state index contributed by atoms with van der Waals surface area (Å²) in [6.07, 6.45) is 3.54. The van der Waals surface area contributed by atoms with Crippen molar-refractivity contribution in [1.29, 1.82) is 0 Å². The van der Waals surface area contributed by atoms with E-state index in [9.17, 15) is 14.4 Å². The molecule has 0 aromatic carbocycles. The minimum absolute atomic E-state index is 0.0902. The van der Waals surface area contributed by atoms with E-state index in [0.717, 1.165) is 30.6 Å². The zero-order valence-corrected chi connectivity index (χ0v) is 15.0. The van der Waals surface area contributed by atoms with Crippen LogP contribution in [0, 0.1) is 17.8 Å². The second kappa shape index (κ2) is 7.05. The first kappa shape index (κ1) is 17.1. The van der Waals surface area contributed by atoms with Gasteiger partial charge in [0.1, 0.15) is 6.54 Å². The van der Waals surface area contributed by atoms with Crippen molar-refractivity contribution in [1.82, 2.24) is 10.2 Å². The largest absolute Gasteiger partial charge is 0.347 e. The molecule has 6 heteroatoms. The number of carbonyl (C=O) groups is 3. The second-order valence-corrected chi connectivity index (χ2v) is 8.04. The quantitative estimate of drug-likeness (QED) is 0.832. The van der Waals surface area contributed by atoms with Crippen LogP contribution in [0.4, 0.5) is 0 Å². The predicted octanol–water partition coefficient (Wildman–Crippen LogP) is 2.74. The number of nitrogens with one attached hydrogen (secondary N) is 1. The molecule has 1 saturated heterocycles. The van der Waals surface area contributed by atoms with Gasteiger partial charge in [-0.05, 0) is 30.2 Å². The van der Waals surface area contributed by atoms with E-state index >= 15 is 0 Å². The Morgan fingerprint density at radius 1 is 1.25 bits per heavy atom. The number of nitrogens with zero attached hydrogens (tertiary/aromatic N) is 1. The van der Waals surface area contributed by atoms with E-state index in [2.05, 4.69) is 5.32 Å². The lowest BCUT2D eigenvalue weighted by Crippen LogP contribution is -2.42. The third-order valence-corrected chi connectivity index (χ3v) is 6.02. The van der Waals surface area contributed by atoms with Gasteiger partial charge in [-0.25, -0.2) is 0 Å². The van der Waals surface area contributed by atoms with E-state index in [1.165, 1.54) is 4.90 Å². The fourth-order valence-corrected chi connectivity index (χ4v) is 4.73. The number of amides is 3. The Morgan fingerprint density at radius 3 is 2.38 bits per heavy atom. The fraction of sp³-hybridized carbons (Fsp3) is 0.611. The maximum atomic E-state index is 12.5. The molecular weight excluding hydrogens is 324 g/mol. The van der Waals surface area contributed by atoms with E-state index in [1.54, 1.807) is 11.3 Å². The molecule has 1 aromatic heterocycles. The highest BCUT2D eigenvalue weighted by Gasteiger charge is 2.48. The number of fused-ring (bicyclic) bond motifs is 1. The van der Waals surface area contributed by atoms with Crippen molar-refractivity contribution in [2.45, 2.75) is 45.6 Å². The lowest BCUT2D eigenvalue weighted by molar-refractivity contribution is -0.143. The first-order valence-electron chi connectivity index (χ1n) is 8.67. The van der Waals surface area contributed by atoms with Gasteiger partial charge in [0.25, 0.3) is 0 Å². The van der Waals surface area contributed by atoms with Gasteiger partial charge in [0, 0.05) is 4.88 Å². The number of hydrogen-bond acceptors (Lipinski definition) is 4. The Hall–Kier alpha value is -1.69. The summed E-state index contributed by atoms with van der Waals surface area (Å²) in [6, 6.07) is 3.86. The summed E-state index contributed by atoms with van der Waals surface area (Å²) in [5.74, 6) is -0.730. The average Bonchev–Trinajstić information content (AvgIpc) is 3.16. The van der Waals surface area contributed by atoms with Crippen LogP contribution in [0.25, 0.3) is 0 Å². The predicted molar refractivity (Wildman–Crippen MR) is 92.2 cm³/mol.